The highest BCUT2D eigenvalue weighted by atomic mass is 32.1. The summed E-state index contributed by atoms with van der Waals surface area (Å²) >= 11 is 1.35. The van der Waals surface area contributed by atoms with Crippen molar-refractivity contribution >= 4 is 29.0 Å². The Morgan fingerprint density at radius 2 is 2.15 bits per heavy atom. The van der Waals surface area contributed by atoms with Crippen molar-refractivity contribution in [2.45, 2.75) is 44.8 Å². The van der Waals surface area contributed by atoms with E-state index in [2.05, 4.69) is 5.32 Å². The van der Waals surface area contributed by atoms with E-state index in [1.165, 1.54) is 18.3 Å². The van der Waals surface area contributed by atoms with Crippen LogP contribution in [0, 0.1) is 0 Å². The number of carbonyl (C=O) groups excluding carboxylic acids is 3. The predicted molar refractivity (Wildman–Crippen MR) is 74.6 cm³/mol. The van der Waals surface area contributed by atoms with Crippen LogP contribution in [0.5, 0.6) is 0 Å². The quantitative estimate of drug-likeness (QED) is 0.616. The number of nitrogens with one attached hydrogen (secondary N) is 1. The molecule has 1 amide bonds. The summed E-state index contributed by atoms with van der Waals surface area (Å²) in [5, 5.41) is 4.58. The van der Waals surface area contributed by atoms with Gasteiger partial charge in [-0.25, -0.2) is 0 Å². The van der Waals surface area contributed by atoms with Gasteiger partial charge in [0, 0.05) is 12.5 Å². The lowest BCUT2D eigenvalue weighted by Gasteiger charge is -2.12. The van der Waals surface area contributed by atoms with E-state index in [1.54, 1.807) is 12.1 Å². The van der Waals surface area contributed by atoms with Crippen molar-refractivity contribution in [2.75, 3.05) is 0 Å². The first-order valence-electron chi connectivity index (χ1n) is 6.63. The van der Waals surface area contributed by atoms with Crippen molar-refractivity contribution in [1.29, 1.82) is 0 Å². The summed E-state index contributed by atoms with van der Waals surface area (Å²) < 4.78 is 5.01. The molecule has 1 heterocycles. The summed E-state index contributed by atoms with van der Waals surface area (Å²) in [5.41, 5.74) is 0. The monoisotopic (exact) mass is 295 g/mol. The zero-order chi connectivity index (χ0) is 14.5. The van der Waals surface area contributed by atoms with Gasteiger partial charge in [0.25, 0.3) is 5.91 Å². The van der Waals surface area contributed by atoms with Crippen molar-refractivity contribution in [2.24, 2.45) is 0 Å². The zero-order valence-corrected chi connectivity index (χ0v) is 12.1. The molecule has 0 saturated heterocycles. The van der Waals surface area contributed by atoms with Gasteiger partial charge in [-0.2, -0.15) is 0 Å². The highest BCUT2D eigenvalue weighted by Gasteiger charge is 2.27. The third kappa shape index (κ3) is 4.45. The number of hydrogen-bond donors (Lipinski definition) is 1. The molecule has 0 bridgehead atoms. The van der Waals surface area contributed by atoms with E-state index in [4.69, 9.17) is 4.74 Å². The number of ketones is 1. The maximum absolute atomic E-state index is 11.7. The molecular weight excluding hydrogens is 278 g/mol. The minimum atomic E-state index is -0.806. The van der Waals surface area contributed by atoms with Crippen molar-refractivity contribution in [3.8, 4) is 0 Å². The largest absolute Gasteiger partial charge is 0.453 e. The second-order valence-electron chi connectivity index (χ2n) is 4.82. The number of hydrogen-bond acceptors (Lipinski definition) is 5. The van der Waals surface area contributed by atoms with Gasteiger partial charge in [-0.3, -0.25) is 14.4 Å². The van der Waals surface area contributed by atoms with E-state index in [-0.39, 0.29) is 30.6 Å². The van der Waals surface area contributed by atoms with E-state index in [9.17, 15) is 14.4 Å². The number of esters is 1. The van der Waals surface area contributed by atoms with Crippen LogP contribution < -0.4 is 5.32 Å². The first kappa shape index (κ1) is 14.7. The van der Waals surface area contributed by atoms with Crippen molar-refractivity contribution in [1.82, 2.24) is 5.32 Å². The summed E-state index contributed by atoms with van der Waals surface area (Å²) in [4.78, 5) is 35.5. The lowest BCUT2D eigenvalue weighted by atomic mass is 10.2. The molecule has 1 N–H and O–H groups in total. The number of Topliss-reactive ketones (excluding diaryl/α,β-unsaturated/α-hetero) is 1. The lowest BCUT2D eigenvalue weighted by molar-refractivity contribution is -0.154. The van der Waals surface area contributed by atoms with Gasteiger partial charge in [0.15, 0.2) is 11.9 Å². The average Bonchev–Trinajstić information content (AvgIpc) is 3.06. The third-order valence-electron chi connectivity index (χ3n) is 2.95. The van der Waals surface area contributed by atoms with Gasteiger partial charge >= 0.3 is 5.97 Å². The molecule has 108 valence electrons. The molecule has 0 radical (unpaired) electrons. The molecular formula is C14H17NO4S. The highest BCUT2D eigenvalue weighted by molar-refractivity contribution is 7.12. The van der Waals surface area contributed by atoms with Gasteiger partial charge < -0.3 is 10.1 Å². The maximum atomic E-state index is 11.7. The maximum Gasteiger partial charge on any atom is 0.307 e. The Morgan fingerprint density at radius 3 is 2.75 bits per heavy atom. The molecule has 1 atom stereocenters. The lowest BCUT2D eigenvalue weighted by Crippen LogP contribution is -2.37. The van der Waals surface area contributed by atoms with Gasteiger partial charge in [-0.15, -0.1) is 11.3 Å². The second kappa shape index (κ2) is 6.65. The normalized spacial score (nSPS) is 15.4. The molecule has 1 aromatic rings. The molecule has 1 unspecified atom stereocenters. The summed E-state index contributed by atoms with van der Waals surface area (Å²) in [6, 6.07) is 3.76. The van der Waals surface area contributed by atoms with E-state index in [0.717, 1.165) is 12.8 Å². The second-order valence-corrected chi connectivity index (χ2v) is 5.76. The Morgan fingerprint density at radius 1 is 1.40 bits per heavy atom. The summed E-state index contributed by atoms with van der Waals surface area (Å²) in [5.74, 6) is -0.870. The molecule has 1 saturated carbocycles. The number of rotatable bonds is 7. The first-order valence-corrected chi connectivity index (χ1v) is 7.51. The SMILES string of the molecule is CC(OC(=O)CCC(=O)c1cccs1)C(=O)NC1CC1. The minimum Gasteiger partial charge on any atom is -0.453 e. The number of amides is 1. The Hall–Kier alpha value is -1.69. The molecule has 1 aliphatic rings. The van der Waals surface area contributed by atoms with Crippen molar-refractivity contribution in [3.63, 3.8) is 0 Å². The van der Waals surface area contributed by atoms with Crippen LogP contribution in [-0.4, -0.2) is 29.8 Å². The molecule has 2 rings (SSSR count). The molecule has 0 aromatic carbocycles. The zero-order valence-electron chi connectivity index (χ0n) is 11.3. The molecule has 1 aromatic heterocycles. The van der Waals surface area contributed by atoms with Crippen LogP contribution in [0.1, 0.15) is 42.3 Å². The molecule has 0 aliphatic heterocycles. The van der Waals surface area contributed by atoms with Crippen LogP contribution >= 0.6 is 11.3 Å². The van der Waals surface area contributed by atoms with Crippen LogP contribution in [0.15, 0.2) is 17.5 Å². The summed E-state index contributed by atoms with van der Waals surface area (Å²) in [6.07, 6.45) is 1.28. The van der Waals surface area contributed by atoms with E-state index in [1.807, 2.05) is 5.38 Å². The predicted octanol–water partition coefficient (Wildman–Crippen LogP) is 1.92. The van der Waals surface area contributed by atoms with Crippen LogP contribution in [0.25, 0.3) is 0 Å². The highest BCUT2D eigenvalue weighted by Crippen LogP contribution is 2.19. The number of thiophene rings is 1. The molecule has 20 heavy (non-hydrogen) atoms. The third-order valence-corrected chi connectivity index (χ3v) is 3.86. The van der Waals surface area contributed by atoms with Crippen LogP contribution in [-0.2, 0) is 14.3 Å². The molecule has 6 heteroatoms. The average molecular weight is 295 g/mol. The van der Waals surface area contributed by atoms with Crippen LogP contribution in [0.4, 0.5) is 0 Å². The van der Waals surface area contributed by atoms with Crippen molar-refractivity contribution < 1.29 is 19.1 Å². The molecule has 1 aliphatic carbocycles. The Labute approximate surface area is 121 Å². The molecule has 5 nitrogen and oxygen atoms in total. The summed E-state index contributed by atoms with van der Waals surface area (Å²) in [7, 11) is 0. The van der Waals surface area contributed by atoms with Crippen LogP contribution in [0.3, 0.4) is 0 Å². The van der Waals surface area contributed by atoms with Gasteiger partial charge in [0.05, 0.1) is 11.3 Å². The fourth-order valence-electron chi connectivity index (χ4n) is 1.63. The van der Waals surface area contributed by atoms with E-state index < -0.39 is 12.1 Å². The Balaban J connectivity index is 1.69. The first-order chi connectivity index (χ1) is 9.56. The van der Waals surface area contributed by atoms with Crippen LogP contribution in [0.2, 0.25) is 0 Å². The van der Waals surface area contributed by atoms with E-state index >= 15 is 0 Å². The minimum absolute atomic E-state index is 0.00220. The van der Waals surface area contributed by atoms with Gasteiger partial charge in [-0.05, 0) is 31.2 Å². The number of ether oxygens (including phenoxy) is 1. The smallest absolute Gasteiger partial charge is 0.307 e. The molecule has 0 spiro atoms. The van der Waals surface area contributed by atoms with E-state index in [0.29, 0.717) is 4.88 Å². The Kier molecular flexibility index (Phi) is 4.89. The topological polar surface area (TPSA) is 72.5 Å². The number of carbonyl (C=O) groups is 3. The van der Waals surface area contributed by atoms with Gasteiger partial charge in [0.1, 0.15) is 0 Å². The van der Waals surface area contributed by atoms with Crippen molar-refractivity contribution in [3.05, 3.63) is 22.4 Å². The fraction of sp³-hybridized carbons (Fsp3) is 0.500. The molecule has 1 fully saturated rings. The standard InChI is InChI=1S/C14H17NO4S/c1-9(14(18)15-10-4-5-10)19-13(17)7-6-11(16)12-3-2-8-20-12/h2-3,8-10H,4-7H2,1H3,(H,15,18). The van der Waals surface area contributed by atoms with Gasteiger partial charge in [-0.1, -0.05) is 6.07 Å². The Bertz CT molecular complexity index is 493. The van der Waals surface area contributed by atoms with Gasteiger partial charge in [0.2, 0.25) is 0 Å². The fourth-order valence-corrected chi connectivity index (χ4v) is 2.33. The summed E-state index contributed by atoms with van der Waals surface area (Å²) in [6.45, 7) is 1.54.